The van der Waals surface area contributed by atoms with E-state index in [2.05, 4.69) is 15.2 Å². The predicted molar refractivity (Wildman–Crippen MR) is 104 cm³/mol. The van der Waals surface area contributed by atoms with Gasteiger partial charge in [0.2, 0.25) is 5.91 Å². The smallest absolute Gasteiger partial charge is 0.331 e. The number of guanidine groups is 1. The molecule has 10 nitrogen and oxygen atoms in total. The van der Waals surface area contributed by atoms with E-state index in [9.17, 15) is 14.7 Å². The molecule has 1 amide bonds. The first kappa shape index (κ1) is 22.1. The number of nitrogens with one attached hydrogen (secondary N) is 1. The number of piperidine rings is 1. The number of carbonyl (C=O) groups excluding carboxylic acids is 1. The van der Waals surface area contributed by atoms with Crippen LogP contribution in [0.1, 0.15) is 26.2 Å². The highest BCUT2D eigenvalue weighted by Crippen LogP contribution is 2.28. The van der Waals surface area contributed by atoms with E-state index in [1.807, 2.05) is 0 Å². The Labute approximate surface area is 164 Å². The van der Waals surface area contributed by atoms with Gasteiger partial charge in [0.15, 0.2) is 5.96 Å². The average Bonchev–Trinajstić information content (AvgIpc) is 2.62. The number of ether oxygens (including phenoxy) is 2. The zero-order valence-electron chi connectivity index (χ0n) is 16.5. The van der Waals surface area contributed by atoms with Gasteiger partial charge in [0.05, 0.1) is 37.4 Å². The van der Waals surface area contributed by atoms with Crippen LogP contribution in [0.5, 0.6) is 0 Å². The maximum absolute atomic E-state index is 11.8. The zero-order valence-corrected chi connectivity index (χ0v) is 16.5. The van der Waals surface area contributed by atoms with E-state index < -0.39 is 18.1 Å². The van der Waals surface area contributed by atoms with Gasteiger partial charge in [0.25, 0.3) is 0 Å². The molecule has 0 aromatic carbocycles. The van der Waals surface area contributed by atoms with Crippen LogP contribution in [0.15, 0.2) is 16.6 Å². The second kappa shape index (κ2) is 10.4. The Kier molecular flexibility index (Phi) is 8.21. The Balaban J connectivity index is 2.26. The summed E-state index contributed by atoms with van der Waals surface area (Å²) in [5, 5.41) is 12.5. The molecule has 0 aromatic heterocycles. The molecule has 10 heteroatoms. The summed E-state index contributed by atoms with van der Waals surface area (Å²) in [5.41, 5.74) is 11.3. The molecule has 1 aliphatic heterocycles. The number of methoxy groups -OCH3 is 1. The van der Waals surface area contributed by atoms with Gasteiger partial charge in [-0.1, -0.05) is 6.08 Å². The second-order valence-corrected chi connectivity index (χ2v) is 7.16. The number of rotatable bonds is 8. The van der Waals surface area contributed by atoms with Crippen LogP contribution in [0.4, 0.5) is 0 Å². The number of aliphatic carboxylic acids is 1. The summed E-state index contributed by atoms with van der Waals surface area (Å²) in [6, 6.07) is -1.32. The van der Waals surface area contributed by atoms with E-state index in [0.717, 1.165) is 19.4 Å². The molecule has 4 atom stereocenters. The molecule has 6 N–H and O–H groups in total. The Bertz CT molecular complexity index is 619. The standard InChI is InChI=1S/C18H31N5O5/c1-11(24)21-16-14(22-18(19)20)8-12(17(25)26)9-15(16)23-5-3-4-13(10-23)28-7-6-27-2/h9,13-16H,3-8,10H2,1-2H3,(H,21,24)(H,25,26)(H4,19,20,22)/t13-,14+,15-,16-/m1/s1. The molecule has 0 saturated carbocycles. The summed E-state index contributed by atoms with van der Waals surface area (Å²) >= 11 is 0. The van der Waals surface area contributed by atoms with E-state index in [0.29, 0.717) is 19.8 Å². The molecule has 1 saturated heterocycles. The number of amides is 1. The van der Waals surface area contributed by atoms with Crippen LogP contribution in [0, 0.1) is 0 Å². The van der Waals surface area contributed by atoms with Crippen molar-refractivity contribution in [3.05, 3.63) is 11.6 Å². The highest BCUT2D eigenvalue weighted by molar-refractivity contribution is 5.87. The molecule has 1 fully saturated rings. The van der Waals surface area contributed by atoms with Crippen molar-refractivity contribution in [2.24, 2.45) is 16.5 Å². The van der Waals surface area contributed by atoms with E-state index in [1.165, 1.54) is 6.92 Å². The van der Waals surface area contributed by atoms with Crippen molar-refractivity contribution in [3.8, 4) is 0 Å². The highest BCUT2D eigenvalue weighted by Gasteiger charge is 2.40. The Morgan fingerprint density at radius 3 is 2.75 bits per heavy atom. The fourth-order valence-corrected chi connectivity index (χ4v) is 3.85. The summed E-state index contributed by atoms with van der Waals surface area (Å²) in [6.07, 6.45) is 3.71. The van der Waals surface area contributed by atoms with Gasteiger partial charge in [-0.05, 0) is 19.4 Å². The quantitative estimate of drug-likeness (QED) is 0.232. The van der Waals surface area contributed by atoms with Gasteiger partial charge in [-0.25, -0.2) is 9.79 Å². The summed E-state index contributed by atoms with van der Waals surface area (Å²) < 4.78 is 10.9. The Morgan fingerprint density at radius 2 is 2.14 bits per heavy atom. The lowest BCUT2D eigenvalue weighted by molar-refractivity contribution is -0.133. The second-order valence-electron chi connectivity index (χ2n) is 7.16. The third-order valence-corrected chi connectivity index (χ3v) is 5.02. The van der Waals surface area contributed by atoms with Crippen LogP contribution in [-0.4, -0.2) is 85.5 Å². The lowest BCUT2D eigenvalue weighted by Crippen LogP contribution is -2.60. The molecule has 2 rings (SSSR count). The van der Waals surface area contributed by atoms with Crippen LogP contribution in [-0.2, 0) is 19.1 Å². The van der Waals surface area contributed by atoms with Gasteiger partial charge < -0.3 is 31.4 Å². The van der Waals surface area contributed by atoms with E-state index >= 15 is 0 Å². The van der Waals surface area contributed by atoms with Crippen molar-refractivity contribution in [2.75, 3.05) is 33.4 Å². The zero-order chi connectivity index (χ0) is 20.7. The van der Waals surface area contributed by atoms with Crippen LogP contribution in [0.25, 0.3) is 0 Å². The van der Waals surface area contributed by atoms with Crippen LogP contribution in [0.2, 0.25) is 0 Å². The number of carboxylic acids is 1. The van der Waals surface area contributed by atoms with Gasteiger partial charge in [-0.15, -0.1) is 0 Å². The molecule has 0 bridgehead atoms. The number of carbonyl (C=O) groups is 2. The first-order valence-corrected chi connectivity index (χ1v) is 9.46. The molecular weight excluding hydrogens is 366 g/mol. The monoisotopic (exact) mass is 397 g/mol. The van der Waals surface area contributed by atoms with Crippen LogP contribution >= 0.6 is 0 Å². The normalized spacial score (nSPS) is 28.3. The summed E-state index contributed by atoms with van der Waals surface area (Å²) in [4.78, 5) is 29.8. The fraction of sp³-hybridized carbons (Fsp3) is 0.722. The molecule has 158 valence electrons. The Hall–Kier alpha value is -2.17. The van der Waals surface area contributed by atoms with Gasteiger partial charge in [0, 0.05) is 32.6 Å². The number of aliphatic imine (C=N–C) groups is 1. The predicted octanol–water partition coefficient (Wildman–Crippen LogP) is -0.956. The number of hydrogen-bond acceptors (Lipinski definition) is 6. The summed E-state index contributed by atoms with van der Waals surface area (Å²) in [5.74, 6) is -1.36. The lowest BCUT2D eigenvalue weighted by Gasteiger charge is -2.44. The van der Waals surface area contributed by atoms with Gasteiger partial charge in [-0.2, -0.15) is 0 Å². The molecule has 1 heterocycles. The molecule has 1 aliphatic carbocycles. The van der Waals surface area contributed by atoms with Gasteiger partial charge in [-0.3, -0.25) is 9.69 Å². The first-order chi connectivity index (χ1) is 13.3. The van der Waals surface area contributed by atoms with Gasteiger partial charge in [0.1, 0.15) is 0 Å². The van der Waals surface area contributed by atoms with Crippen LogP contribution < -0.4 is 16.8 Å². The number of nitrogens with two attached hydrogens (primary N) is 2. The maximum atomic E-state index is 11.8. The number of carboxylic acid groups (broad SMARTS) is 1. The minimum Gasteiger partial charge on any atom is -0.478 e. The average molecular weight is 397 g/mol. The van der Waals surface area contributed by atoms with E-state index in [1.54, 1.807) is 13.2 Å². The van der Waals surface area contributed by atoms with Gasteiger partial charge >= 0.3 is 5.97 Å². The topological polar surface area (TPSA) is 152 Å². The fourth-order valence-electron chi connectivity index (χ4n) is 3.85. The van der Waals surface area contributed by atoms with E-state index in [-0.39, 0.29) is 36.0 Å². The third-order valence-electron chi connectivity index (χ3n) is 5.02. The van der Waals surface area contributed by atoms with Crippen LogP contribution in [0.3, 0.4) is 0 Å². The van der Waals surface area contributed by atoms with E-state index in [4.69, 9.17) is 20.9 Å². The minimum absolute atomic E-state index is 0.0204. The maximum Gasteiger partial charge on any atom is 0.331 e. The highest BCUT2D eigenvalue weighted by atomic mass is 16.5. The SMILES string of the molecule is COCCO[C@@H]1CCCN([C@@H]2C=C(C(=O)O)C[C@H](N=C(N)N)[C@H]2NC(C)=O)C1. The lowest BCUT2D eigenvalue weighted by atomic mass is 9.85. The minimum atomic E-state index is -1.01. The molecule has 28 heavy (non-hydrogen) atoms. The van der Waals surface area contributed by atoms with Crippen molar-refractivity contribution in [1.29, 1.82) is 0 Å². The molecule has 0 spiro atoms. The molecule has 0 unspecified atom stereocenters. The number of likely N-dealkylation sites (tertiary alicyclic amines) is 1. The van der Waals surface area contributed by atoms with Crippen molar-refractivity contribution >= 4 is 17.8 Å². The molecule has 0 radical (unpaired) electrons. The largest absolute Gasteiger partial charge is 0.478 e. The Morgan fingerprint density at radius 1 is 1.39 bits per heavy atom. The molecular formula is C18H31N5O5. The van der Waals surface area contributed by atoms with Crippen molar-refractivity contribution in [2.45, 2.75) is 50.4 Å². The number of nitrogens with zero attached hydrogens (tertiary/aromatic N) is 2. The first-order valence-electron chi connectivity index (χ1n) is 9.46. The van der Waals surface area contributed by atoms with Crippen molar-refractivity contribution in [3.63, 3.8) is 0 Å². The third kappa shape index (κ3) is 6.18. The summed E-state index contributed by atoms with van der Waals surface area (Å²) in [7, 11) is 1.62. The number of hydrogen-bond donors (Lipinski definition) is 4. The molecule has 2 aliphatic rings. The molecule has 0 aromatic rings. The van der Waals surface area contributed by atoms with Crippen molar-refractivity contribution in [1.82, 2.24) is 10.2 Å². The van der Waals surface area contributed by atoms with Crippen molar-refractivity contribution < 1.29 is 24.2 Å². The summed E-state index contributed by atoms with van der Waals surface area (Å²) in [6.45, 7) is 3.84.